The van der Waals surface area contributed by atoms with E-state index in [0.717, 1.165) is 30.2 Å². The van der Waals surface area contributed by atoms with E-state index in [1.807, 2.05) is 24.3 Å². The molecule has 1 aliphatic heterocycles. The smallest absolute Gasteiger partial charge is 0.313 e. The second-order valence-corrected chi connectivity index (χ2v) is 7.46. The lowest BCUT2D eigenvalue weighted by Crippen LogP contribution is -2.42. The molecule has 0 unspecified atom stereocenters. The van der Waals surface area contributed by atoms with Crippen molar-refractivity contribution in [3.63, 3.8) is 0 Å². The monoisotopic (exact) mass is 369 g/mol. The summed E-state index contributed by atoms with van der Waals surface area (Å²) in [7, 11) is 1.40. The molecule has 0 bridgehead atoms. The lowest BCUT2D eigenvalue weighted by atomic mass is 9.81. The largest absolute Gasteiger partial charge is 0.469 e. The number of amides is 2. The van der Waals surface area contributed by atoms with Crippen LogP contribution in [0.2, 0.25) is 0 Å². The number of ether oxygens (including phenoxy) is 1. The predicted octanol–water partition coefficient (Wildman–Crippen LogP) is 1.70. The van der Waals surface area contributed by atoms with E-state index in [1.165, 1.54) is 7.11 Å². The summed E-state index contributed by atoms with van der Waals surface area (Å²) in [6.45, 7) is 0.847. The lowest BCUT2D eigenvalue weighted by Gasteiger charge is -2.25. The van der Waals surface area contributed by atoms with Gasteiger partial charge in [0.2, 0.25) is 5.91 Å². The average Bonchev–Trinajstić information content (AvgIpc) is 3.36. The van der Waals surface area contributed by atoms with E-state index in [0.29, 0.717) is 18.8 Å². The maximum atomic E-state index is 12.6. The zero-order chi connectivity index (χ0) is 19.0. The van der Waals surface area contributed by atoms with Crippen LogP contribution in [0.25, 0.3) is 10.9 Å². The Bertz CT molecular complexity index is 873. The predicted molar refractivity (Wildman–Crippen MR) is 99.0 cm³/mol. The van der Waals surface area contributed by atoms with Gasteiger partial charge in [0.25, 0.3) is 5.91 Å². The molecule has 2 amide bonds. The molecule has 2 fully saturated rings. The minimum atomic E-state index is -0.564. The number of carbonyl (C=O) groups excluding carboxylic acids is 3. The molecule has 2 aliphatic rings. The van der Waals surface area contributed by atoms with Crippen LogP contribution >= 0.6 is 0 Å². The fourth-order valence-corrected chi connectivity index (χ4v) is 4.57. The van der Waals surface area contributed by atoms with Crippen molar-refractivity contribution in [1.29, 1.82) is 0 Å². The summed E-state index contributed by atoms with van der Waals surface area (Å²) < 4.78 is 5.00. The highest BCUT2D eigenvalue weighted by atomic mass is 16.5. The van der Waals surface area contributed by atoms with Crippen molar-refractivity contribution >= 4 is 28.7 Å². The highest BCUT2D eigenvalue weighted by Gasteiger charge is 2.56. The van der Waals surface area contributed by atoms with Crippen LogP contribution in [0.3, 0.4) is 0 Å². The minimum Gasteiger partial charge on any atom is -0.469 e. The number of rotatable bonds is 4. The van der Waals surface area contributed by atoms with Gasteiger partial charge in [-0.25, -0.2) is 0 Å². The molecule has 4 rings (SSSR count). The van der Waals surface area contributed by atoms with Crippen LogP contribution < -0.4 is 5.32 Å². The van der Waals surface area contributed by atoms with Crippen LogP contribution in [0.15, 0.2) is 30.3 Å². The van der Waals surface area contributed by atoms with E-state index in [9.17, 15) is 14.4 Å². The van der Waals surface area contributed by atoms with E-state index in [-0.39, 0.29) is 30.2 Å². The lowest BCUT2D eigenvalue weighted by molar-refractivity contribution is -0.153. The van der Waals surface area contributed by atoms with Gasteiger partial charge in [0, 0.05) is 24.0 Å². The number of aromatic amines is 1. The van der Waals surface area contributed by atoms with Crippen molar-refractivity contribution in [2.24, 2.45) is 11.3 Å². The van der Waals surface area contributed by atoms with E-state index >= 15 is 0 Å². The van der Waals surface area contributed by atoms with Crippen molar-refractivity contribution < 1.29 is 19.1 Å². The van der Waals surface area contributed by atoms with Crippen LogP contribution in [-0.2, 0) is 14.3 Å². The summed E-state index contributed by atoms with van der Waals surface area (Å²) in [6.07, 6.45) is 2.68. The second-order valence-electron chi connectivity index (χ2n) is 7.46. The molecule has 7 heteroatoms. The molecule has 2 N–H and O–H groups in total. The van der Waals surface area contributed by atoms with Crippen LogP contribution in [0.1, 0.15) is 29.8 Å². The molecule has 1 aromatic heterocycles. The maximum Gasteiger partial charge on any atom is 0.313 e. The number of esters is 1. The highest BCUT2D eigenvalue weighted by molar-refractivity contribution is 5.99. The number of carbonyl (C=O) groups is 3. The fourth-order valence-electron chi connectivity index (χ4n) is 4.57. The summed E-state index contributed by atoms with van der Waals surface area (Å²) >= 11 is 0. The van der Waals surface area contributed by atoms with Gasteiger partial charge in [-0.15, -0.1) is 0 Å². The number of aromatic nitrogens is 1. The third kappa shape index (κ3) is 2.97. The van der Waals surface area contributed by atoms with Crippen LogP contribution in [0, 0.1) is 11.3 Å². The molecule has 142 valence electrons. The molecule has 2 heterocycles. The van der Waals surface area contributed by atoms with Gasteiger partial charge in [-0.1, -0.05) is 24.6 Å². The average molecular weight is 369 g/mol. The molecule has 1 saturated carbocycles. The van der Waals surface area contributed by atoms with Gasteiger partial charge in [0.1, 0.15) is 5.69 Å². The molecule has 0 spiro atoms. The minimum absolute atomic E-state index is 0.0851. The van der Waals surface area contributed by atoms with E-state index in [4.69, 9.17) is 4.74 Å². The first kappa shape index (κ1) is 17.6. The van der Waals surface area contributed by atoms with E-state index < -0.39 is 5.41 Å². The Labute approximate surface area is 157 Å². The third-order valence-corrected chi connectivity index (χ3v) is 5.99. The number of para-hydroxylation sites is 1. The van der Waals surface area contributed by atoms with E-state index in [1.54, 1.807) is 11.0 Å². The highest BCUT2D eigenvalue weighted by Crippen LogP contribution is 2.49. The first-order chi connectivity index (χ1) is 13.0. The first-order valence-corrected chi connectivity index (χ1v) is 9.25. The Morgan fingerprint density at radius 1 is 1.33 bits per heavy atom. The molecular formula is C20H23N3O4. The van der Waals surface area contributed by atoms with Gasteiger partial charge < -0.3 is 19.9 Å². The number of nitrogens with one attached hydrogen (secondary N) is 2. The molecule has 2 atom stereocenters. The van der Waals surface area contributed by atoms with Crippen molar-refractivity contribution in [1.82, 2.24) is 15.2 Å². The zero-order valence-corrected chi connectivity index (χ0v) is 15.3. The first-order valence-electron chi connectivity index (χ1n) is 9.25. The molecule has 1 aromatic carbocycles. The number of nitrogens with zero attached hydrogens (tertiary/aromatic N) is 1. The van der Waals surface area contributed by atoms with E-state index in [2.05, 4.69) is 10.3 Å². The Morgan fingerprint density at radius 3 is 2.93 bits per heavy atom. The molecule has 27 heavy (non-hydrogen) atoms. The standard InChI is InChI=1S/C20H23N3O4/c1-27-19(26)20-8-4-6-14(20)11-23(12-20)17(24)10-21-18(25)16-9-13-5-2-3-7-15(13)22-16/h2-3,5,7,9,14,22H,4,6,8,10-12H2,1H3,(H,21,25)/t14-,20-/m0/s1. The van der Waals surface area contributed by atoms with Crippen LogP contribution in [-0.4, -0.2) is 54.4 Å². The second kappa shape index (κ2) is 6.72. The van der Waals surface area contributed by atoms with Gasteiger partial charge in [0.05, 0.1) is 19.1 Å². The number of fused-ring (bicyclic) bond motifs is 2. The molecule has 0 radical (unpaired) electrons. The molecule has 1 aliphatic carbocycles. The Morgan fingerprint density at radius 2 is 2.15 bits per heavy atom. The molecular weight excluding hydrogens is 346 g/mol. The third-order valence-electron chi connectivity index (χ3n) is 5.99. The Balaban J connectivity index is 1.38. The summed E-state index contributed by atoms with van der Waals surface area (Å²) in [5, 5.41) is 3.63. The molecule has 1 saturated heterocycles. The maximum absolute atomic E-state index is 12.6. The number of likely N-dealkylation sites (tertiary alicyclic amines) is 1. The topological polar surface area (TPSA) is 91.5 Å². The number of H-pyrrole nitrogens is 1. The van der Waals surface area contributed by atoms with Gasteiger partial charge in [-0.2, -0.15) is 0 Å². The summed E-state index contributed by atoms with van der Waals surface area (Å²) in [5.41, 5.74) is 0.737. The van der Waals surface area contributed by atoms with Crippen molar-refractivity contribution in [2.45, 2.75) is 19.3 Å². The van der Waals surface area contributed by atoms with Crippen molar-refractivity contribution in [3.8, 4) is 0 Å². The van der Waals surface area contributed by atoms with Crippen LogP contribution in [0.5, 0.6) is 0 Å². The SMILES string of the molecule is COC(=O)[C@]12CCC[C@H]1CN(C(=O)CNC(=O)c1cc3ccccc3[nH]1)C2. The number of hydrogen-bond acceptors (Lipinski definition) is 4. The van der Waals surface area contributed by atoms with Gasteiger partial charge >= 0.3 is 5.97 Å². The van der Waals surface area contributed by atoms with Crippen molar-refractivity contribution in [3.05, 3.63) is 36.0 Å². The number of methoxy groups -OCH3 is 1. The summed E-state index contributed by atoms with van der Waals surface area (Å²) in [6, 6.07) is 9.38. The zero-order valence-electron chi connectivity index (χ0n) is 15.3. The number of benzene rings is 1. The molecule has 7 nitrogen and oxygen atoms in total. The Hall–Kier alpha value is -2.83. The Kier molecular flexibility index (Phi) is 4.37. The fraction of sp³-hybridized carbons (Fsp3) is 0.450. The summed E-state index contributed by atoms with van der Waals surface area (Å²) in [5.74, 6) is -0.556. The van der Waals surface area contributed by atoms with Crippen molar-refractivity contribution in [2.75, 3.05) is 26.7 Å². The van der Waals surface area contributed by atoms with Gasteiger partial charge in [-0.05, 0) is 30.9 Å². The van der Waals surface area contributed by atoms with Crippen LogP contribution in [0.4, 0.5) is 0 Å². The quantitative estimate of drug-likeness (QED) is 0.803. The molecule has 2 aromatic rings. The normalized spacial score (nSPS) is 24.0. The van der Waals surface area contributed by atoms with Gasteiger partial charge in [0.15, 0.2) is 0 Å². The van der Waals surface area contributed by atoms with Gasteiger partial charge in [-0.3, -0.25) is 14.4 Å². The summed E-state index contributed by atoms with van der Waals surface area (Å²) in [4.78, 5) is 42.0. The number of hydrogen-bond donors (Lipinski definition) is 2.